The summed E-state index contributed by atoms with van der Waals surface area (Å²) in [7, 11) is 0. The lowest BCUT2D eigenvalue weighted by Crippen LogP contribution is -2.59. The standard InChI is InChI=1S/C16H30O2/c1-4-12-9-7-8-10-13(12)18-15-11-14(17)16(15,5-2)6-3/h12-15,17H,4-11H2,1-3H3. The fraction of sp³-hybridized carbons (Fsp3) is 1.00. The number of aliphatic hydroxyl groups is 1. The summed E-state index contributed by atoms with van der Waals surface area (Å²) < 4.78 is 6.44. The fourth-order valence-electron chi connectivity index (χ4n) is 4.12. The first-order valence-electron chi connectivity index (χ1n) is 8.01. The van der Waals surface area contributed by atoms with Crippen molar-refractivity contribution in [1.82, 2.24) is 0 Å². The molecule has 1 N–H and O–H groups in total. The van der Waals surface area contributed by atoms with Gasteiger partial charge in [-0.05, 0) is 31.6 Å². The van der Waals surface area contributed by atoms with E-state index in [0.717, 1.165) is 25.2 Å². The van der Waals surface area contributed by atoms with Crippen LogP contribution in [0.5, 0.6) is 0 Å². The van der Waals surface area contributed by atoms with E-state index in [9.17, 15) is 5.11 Å². The molecule has 0 saturated heterocycles. The van der Waals surface area contributed by atoms with Crippen LogP contribution in [0.25, 0.3) is 0 Å². The monoisotopic (exact) mass is 254 g/mol. The van der Waals surface area contributed by atoms with Gasteiger partial charge in [0.05, 0.1) is 18.3 Å². The fourth-order valence-corrected chi connectivity index (χ4v) is 4.12. The van der Waals surface area contributed by atoms with Gasteiger partial charge in [-0.2, -0.15) is 0 Å². The van der Waals surface area contributed by atoms with Crippen molar-refractivity contribution in [1.29, 1.82) is 0 Å². The summed E-state index contributed by atoms with van der Waals surface area (Å²) in [5, 5.41) is 10.1. The second-order valence-electron chi connectivity index (χ2n) is 6.31. The zero-order valence-corrected chi connectivity index (χ0v) is 12.3. The first-order chi connectivity index (χ1) is 8.67. The number of ether oxygens (including phenoxy) is 1. The van der Waals surface area contributed by atoms with Gasteiger partial charge in [-0.15, -0.1) is 0 Å². The molecule has 4 unspecified atom stereocenters. The minimum Gasteiger partial charge on any atom is -0.392 e. The Morgan fingerprint density at radius 1 is 1.11 bits per heavy atom. The van der Waals surface area contributed by atoms with Crippen molar-refractivity contribution >= 4 is 0 Å². The van der Waals surface area contributed by atoms with Crippen molar-refractivity contribution in [3.63, 3.8) is 0 Å². The van der Waals surface area contributed by atoms with Gasteiger partial charge in [0, 0.05) is 11.8 Å². The smallest absolute Gasteiger partial charge is 0.0684 e. The van der Waals surface area contributed by atoms with Crippen molar-refractivity contribution in [2.24, 2.45) is 11.3 Å². The Morgan fingerprint density at radius 2 is 1.78 bits per heavy atom. The molecule has 2 rings (SSSR count). The Labute approximate surface area is 112 Å². The van der Waals surface area contributed by atoms with Gasteiger partial charge >= 0.3 is 0 Å². The van der Waals surface area contributed by atoms with E-state index in [0.29, 0.717) is 12.2 Å². The second-order valence-corrected chi connectivity index (χ2v) is 6.31. The summed E-state index contributed by atoms with van der Waals surface area (Å²) in [4.78, 5) is 0. The molecule has 0 heterocycles. The lowest BCUT2D eigenvalue weighted by Gasteiger charge is -2.54. The molecule has 2 fully saturated rings. The van der Waals surface area contributed by atoms with Crippen LogP contribution in [-0.4, -0.2) is 23.4 Å². The Bertz CT molecular complexity index is 260. The van der Waals surface area contributed by atoms with E-state index in [1.807, 2.05) is 0 Å². The van der Waals surface area contributed by atoms with Gasteiger partial charge in [-0.1, -0.05) is 40.0 Å². The number of hydrogen-bond donors (Lipinski definition) is 1. The predicted octanol–water partition coefficient (Wildman–Crippen LogP) is 3.91. The summed E-state index contributed by atoms with van der Waals surface area (Å²) >= 11 is 0. The minimum atomic E-state index is -0.138. The molecule has 2 aliphatic rings. The predicted molar refractivity (Wildman–Crippen MR) is 74.5 cm³/mol. The van der Waals surface area contributed by atoms with Gasteiger partial charge in [-0.25, -0.2) is 0 Å². The topological polar surface area (TPSA) is 29.5 Å². The molecule has 0 aromatic heterocycles. The van der Waals surface area contributed by atoms with E-state index in [4.69, 9.17) is 4.74 Å². The van der Waals surface area contributed by atoms with Crippen LogP contribution < -0.4 is 0 Å². The van der Waals surface area contributed by atoms with Crippen LogP contribution in [0.1, 0.15) is 72.1 Å². The second kappa shape index (κ2) is 5.92. The number of aliphatic hydroxyl groups excluding tert-OH is 1. The van der Waals surface area contributed by atoms with E-state index >= 15 is 0 Å². The average molecular weight is 254 g/mol. The first-order valence-corrected chi connectivity index (χ1v) is 8.01. The van der Waals surface area contributed by atoms with E-state index in [1.165, 1.54) is 32.1 Å². The molecule has 2 nitrogen and oxygen atoms in total. The first kappa shape index (κ1) is 14.3. The molecule has 0 aliphatic heterocycles. The van der Waals surface area contributed by atoms with Gasteiger partial charge < -0.3 is 9.84 Å². The molecule has 0 spiro atoms. The Hall–Kier alpha value is -0.0800. The van der Waals surface area contributed by atoms with Crippen molar-refractivity contribution < 1.29 is 9.84 Å². The molecule has 0 aromatic rings. The molecule has 2 saturated carbocycles. The van der Waals surface area contributed by atoms with Crippen LogP contribution in [-0.2, 0) is 4.74 Å². The Balaban J connectivity index is 1.96. The van der Waals surface area contributed by atoms with Gasteiger partial charge in [0.2, 0.25) is 0 Å². The van der Waals surface area contributed by atoms with E-state index in [-0.39, 0.29) is 11.5 Å². The molecule has 0 aromatic carbocycles. The van der Waals surface area contributed by atoms with Crippen LogP contribution in [0.2, 0.25) is 0 Å². The van der Waals surface area contributed by atoms with Crippen LogP contribution in [0.15, 0.2) is 0 Å². The van der Waals surface area contributed by atoms with Crippen LogP contribution in [0.3, 0.4) is 0 Å². The molecular weight excluding hydrogens is 224 g/mol. The summed E-state index contributed by atoms with van der Waals surface area (Å²) in [6.07, 6.45) is 10.1. The van der Waals surface area contributed by atoms with Gasteiger partial charge in [-0.3, -0.25) is 0 Å². The molecule has 4 atom stereocenters. The van der Waals surface area contributed by atoms with Crippen LogP contribution in [0, 0.1) is 11.3 Å². The van der Waals surface area contributed by atoms with Crippen molar-refractivity contribution in [2.45, 2.75) is 90.4 Å². The summed E-state index contributed by atoms with van der Waals surface area (Å²) in [5.41, 5.74) is 0.0513. The highest BCUT2D eigenvalue weighted by molar-refractivity contribution is 5.03. The van der Waals surface area contributed by atoms with Crippen molar-refractivity contribution in [3.05, 3.63) is 0 Å². The molecule has 0 bridgehead atoms. The van der Waals surface area contributed by atoms with Gasteiger partial charge in [0.15, 0.2) is 0 Å². The highest BCUT2D eigenvalue weighted by atomic mass is 16.5. The minimum absolute atomic E-state index is 0.0513. The van der Waals surface area contributed by atoms with E-state index in [2.05, 4.69) is 20.8 Å². The third kappa shape index (κ3) is 2.34. The molecule has 0 amide bonds. The zero-order chi connectivity index (χ0) is 13.2. The summed E-state index contributed by atoms with van der Waals surface area (Å²) in [6.45, 7) is 6.68. The molecule has 2 aliphatic carbocycles. The molecule has 0 radical (unpaired) electrons. The third-order valence-corrected chi connectivity index (χ3v) is 5.76. The van der Waals surface area contributed by atoms with Gasteiger partial charge in [0.1, 0.15) is 0 Å². The third-order valence-electron chi connectivity index (χ3n) is 5.76. The lowest BCUT2D eigenvalue weighted by atomic mass is 9.60. The lowest BCUT2D eigenvalue weighted by molar-refractivity contribution is -0.224. The number of rotatable bonds is 5. The Kier molecular flexibility index (Phi) is 4.71. The molecular formula is C16H30O2. The molecule has 106 valence electrons. The van der Waals surface area contributed by atoms with Crippen LogP contribution in [0.4, 0.5) is 0 Å². The number of hydrogen-bond acceptors (Lipinski definition) is 2. The highest BCUT2D eigenvalue weighted by Crippen LogP contribution is 2.50. The van der Waals surface area contributed by atoms with Crippen molar-refractivity contribution in [2.75, 3.05) is 0 Å². The van der Waals surface area contributed by atoms with E-state index in [1.54, 1.807) is 0 Å². The van der Waals surface area contributed by atoms with Gasteiger partial charge in [0.25, 0.3) is 0 Å². The Morgan fingerprint density at radius 3 is 2.33 bits per heavy atom. The molecule has 2 heteroatoms. The normalized spacial score (nSPS) is 39.3. The summed E-state index contributed by atoms with van der Waals surface area (Å²) in [5.74, 6) is 0.753. The van der Waals surface area contributed by atoms with E-state index < -0.39 is 0 Å². The maximum Gasteiger partial charge on any atom is 0.0684 e. The van der Waals surface area contributed by atoms with Crippen molar-refractivity contribution in [3.8, 4) is 0 Å². The molecule has 18 heavy (non-hydrogen) atoms. The maximum atomic E-state index is 10.1. The quantitative estimate of drug-likeness (QED) is 0.806. The summed E-state index contributed by atoms with van der Waals surface area (Å²) in [6, 6.07) is 0. The maximum absolute atomic E-state index is 10.1. The SMILES string of the molecule is CCC1CCCCC1OC1CC(O)C1(CC)CC. The highest BCUT2D eigenvalue weighted by Gasteiger charge is 2.53. The zero-order valence-electron chi connectivity index (χ0n) is 12.3. The average Bonchev–Trinajstić information content (AvgIpc) is 2.40. The van der Waals surface area contributed by atoms with Crippen LogP contribution >= 0.6 is 0 Å². The largest absolute Gasteiger partial charge is 0.392 e.